The summed E-state index contributed by atoms with van der Waals surface area (Å²) in [6, 6.07) is 9.12. The molecule has 1 fully saturated rings. The molecule has 4 nitrogen and oxygen atoms in total. The number of anilines is 1. The number of hydrogen-bond donors (Lipinski definition) is 1. The average Bonchev–Trinajstić information content (AvgIpc) is 3.05. The van der Waals surface area contributed by atoms with Crippen molar-refractivity contribution in [3.05, 3.63) is 53.2 Å². The van der Waals surface area contributed by atoms with Crippen LogP contribution >= 0.6 is 0 Å². The summed E-state index contributed by atoms with van der Waals surface area (Å²) in [6.07, 6.45) is 0. The van der Waals surface area contributed by atoms with Gasteiger partial charge in [-0.3, -0.25) is 0 Å². The summed E-state index contributed by atoms with van der Waals surface area (Å²) in [4.78, 5) is 4.82. The van der Waals surface area contributed by atoms with Crippen LogP contribution < -0.4 is 10.2 Å². The Labute approximate surface area is 149 Å². The summed E-state index contributed by atoms with van der Waals surface area (Å²) in [5, 5.41) is 3.46. The maximum atomic E-state index is 13.9. The van der Waals surface area contributed by atoms with E-state index in [4.69, 9.17) is 4.42 Å². The van der Waals surface area contributed by atoms with Crippen molar-refractivity contribution in [2.75, 3.05) is 37.6 Å². The molecule has 25 heavy (non-hydrogen) atoms. The highest BCUT2D eigenvalue weighted by Gasteiger charge is 2.21. The minimum Gasteiger partial charge on any atom is -0.465 e. The molecular formula is C20H28FN3O. The molecule has 1 N–H and O–H groups in total. The Morgan fingerprint density at radius 3 is 2.56 bits per heavy atom. The van der Waals surface area contributed by atoms with Crippen LogP contribution in [0.5, 0.6) is 0 Å². The molecular weight excluding hydrogens is 317 g/mol. The predicted molar refractivity (Wildman–Crippen MR) is 99.4 cm³/mol. The largest absolute Gasteiger partial charge is 0.465 e. The van der Waals surface area contributed by atoms with Gasteiger partial charge in [0.1, 0.15) is 17.3 Å². The van der Waals surface area contributed by atoms with Crippen molar-refractivity contribution in [2.24, 2.45) is 0 Å². The molecule has 0 spiro atoms. The zero-order valence-corrected chi connectivity index (χ0v) is 15.4. The lowest BCUT2D eigenvalue weighted by Crippen LogP contribution is -2.46. The van der Waals surface area contributed by atoms with Crippen LogP contribution in [-0.2, 0) is 6.54 Å². The number of nitrogens with zero attached hydrogens (tertiary/aromatic N) is 2. The Morgan fingerprint density at radius 2 is 1.92 bits per heavy atom. The molecule has 3 rings (SSSR count). The predicted octanol–water partition coefficient (Wildman–Crippen LogP) is 3.72. The first-order valence-electron chi connectivity index (χ1n) is 9.12. The normalized spacial score (nSPS) is 17.0. The molecule has 1 aliphatic heterocycles. The van der Waals surface area contributed by atoms with Crippen LogP contribution in [0.4, 0.5) is 10.1 Å². The molecule has 1 atom stereocenters. The topological polar surface area (TPSA) is 31.6 Å². The van der Waals surface area contributed by atoms with Crippen LogP contribution in [0.2, 0.25) is 0 Å². The third-order valence-corrected chi connectivity index (χ3v) is 4.99. The summed E-state index contributed by atoms with van der Waals surface area (Å²) in [5.41, 5.74) is 2.14. The van der Waals surface area contributed by atoms with Crippen molar-refractivity contribution in [3.63, 3.8) is 0 Å². The summed E-state index contributed by atoms with van der Waals surface area (Å²) >= 11 is 0. The van der Waals surface area contributed by atoms with Gasteiger partial charge in [-0.2, -0.15) is 0 Å². The quantitative estimate of drug-likeness (QED) is 0.865. The Morgan fingerprint density at radius 1 is 1.16 bits per heavy atom. The fourth-order valence-electron chi connectivity index (χ4n) is 3.41. The number of furan rings is 1. The fraction of sp³-hybridized carbons (Fsp3) is 0.500. The van der Waals surface area contributed by atoms with Crippen molar-refractivity contribution in [2.45, 2.75) is 33.4 Å². The van der Waals surface area contributed by atoms with Crippen LogP contribution in [0.25, 0.3) is 0 Å². The number of piperazine rings is 1. The zero-order valence-electron chi connectivity index (χ0n) is 15.4. The maximum absolute atomic E-state index is 13.9. The molecule has 1 aliphatic rings. The van der Waals surface area contributed by atoms with Crippen LogP contribution in [-0.4, -0.2) is 37.6 Å². The van der Waals surface area contributed by atoms with E-state index >= 15 is 0 Å². The van der Waals surface area contributed by atoms with Crippen LogP contribution in [0, 0.1) is 12.7 Å². The van der Waals surface area contributed by atoms with E-state index in [1.807, 2.05) is 25.1 Å². The lowest BCUT2D eigenvalue weighted by molar-refractivity contribution is 0.271. The number of likely N-dealkylation sites (N-methyl/N-ethyl adjacent to an activating group) is 1. The molecule has 1 saturated heterocycles. The first kappa shape index (κ1) is 18.0. The monoisotopic (exact) mass is 345 g/mol. The Balaban J connectivity index is 1.72. The summed E-state index contributed by atoms with van der Waals surface area (Å²) in [5.74, 6) is 1.62. The standard InChI is InChI=1S/C20H28FN3O/c1-4-23-9-11-24(12-10-23)20-8-6-17(21)13-19(20)16(3)22-14-18-7-5-15(2)25-18/h5-8,13,16,22H,4,9-12,14H2,1-3H3. The van der Waals surface area contributed by atoms with Crippen LogP contribution in [0.3, 0.4) is 0 Å². The van der Waals surface area contributed by atoms with Gasteiger partial charge in [-0.05, 0) is 56.3 Å². The highest BCUT2D eigenvalue weighted by atomic mass is 19.1. The second-order valence-electron chi connectivity index (χ2n) is 6.74. The molecule has 0 radical (unpaired) electrons. The van der Waals surface area contributed by atoms with Gasteiger partial charge in [-0.25, -0.2) is 4.39 Å². The molecule has 0 saturated carbocycles. The zero-order chi connectivity index (χ0) is 17.8. The molecule has 2 aromatic rings. The molecule has 136 valence electrons. The van der Waals surface area contributed by atoms with Crippen molar-refractivity contribution in [1.82, 2.24) is 10.2 Å². The third-order valence-electron chi connectivity index (χ3n) is 4.99. The van der Waals surface area contributed by atoms with E-state index in [1.165, 1.54) is 0 Å². The van der Waals surface area contributed by atoms with Crippen LogP contribution in [0.1, 0.15) is 37.0 Å². The lowest BCUT2D eigenvalue weighted by atomic mass is 10.0. The summed E-state index contributed by atoms with van der Waals surface area (Å²) in [7, 11) is 0. The highest BCUT2D eigenvalue weighted by Crippen LogP contribution is 2.28. The van der Waals surface area contributed by atoms with E-state index < -0.39 is 0 Å². The third kappa shape index (κ3) is 4.41. The number of aryl methyl sites for hydroxylation is 1. The van der Waals surface area contributed by atoms with Gasteiger partial charge in [-0.15, -0.1) is 0 Å². The van der Waals surface area contributed by atoms with E-state index in [9.17, 15) is 4.39 Å². The van der Waals surface area contributed by atoms with Gasteiger partial charge in [0.25, 0.3) is 0 Å². The Bertz CT molecular complexity index is 692. The number of rotatable bonds is 6. The van der Waals surface area contributed by atoms with Gasteiger partial charge in [0, 0.05) is 37.9 Å². The van der Waals surface area contributed by atoms with Crippen molar-refractivity contribution in [3.8, 4) is 0 Å². The molecule has 1 aromatic carbocycles. The molecule has 1 aromatic heterocycles. The SMILES string of the molecule is CCN1CCN(c2ccc(F)cc2C(C)NCc2ccc(C)o2)CC1. The van der Waals surface area contributed by atoms with E-state index in [0.717, 1.165) is 55.5 Å². The first-order chi connectivity index (χ1) is 12.1. The second-order valence-corrected chi connectivity index (χ2v) is 6.74. The number of halogens is 1. The van der Waals surface area contributed by atoms with Crippen LogP contribution in [0.15, 0.2) is 34.7 Å². The first-order valence-corrected chi connectivity index (χ1v) is 9.12. The lowest BCUT2D eigenvalue weighted by Gasteiger charge is -2.37. The van der Waals surface area contributed by atoms with Crippen molar-refractivity contribution < 1.29 is 8.81 Å². The molecule has 0 amide bonds. The van der Waals surface area contributed by atoms with Crippen molar-refractivity contribution in [1.29, 1.82) is 0 Å². The second kappa shape index (κ2) is 8.02. The number of benzene rings is 1. The maximum Gasteiger partial charge on any atom is 0.123 e. The highest BCUT2D eigenvalue weighted by molar-refractivity contribution is 5.55. The van der Waals surface area contributed by atoms with E-state index in [2.05, 4.69) is 29.0 Å². The minimum absolute atomic E-state index is 0.0420. The molecule has 5 heteroatoms. The molecule has 1 unspecified atom stereocenters. The van der Waals surface area contributed by atoms with Gasteiger partial charge in [0.2, 0.25) is 0 Å². The van der Waals surface area contributed by atoms with E-state index in [0.29, 0.717) is 6.54 Å². The van der Waals surface area contributed by atoms with Crippen molar-refractivity contribution >= 4 is 5.69 Å². The van der Waals surface area contributed by atoms with E-state index in [-0.39, 0.29) is 11.9 Å². The van der Waals surface area contributed by atoms with E-state index in [1.54, 1.807) is 12.1 Å². The Hall–Kier alpha value is -1.85. The van der Waals surface area contributed by atoms with Gasteiger partial charge in [0.05, 0.1) is 6.54 Å². The van der Waals surface area contributed by atoms with Gasteiger partial charge in [-0.1, -0.05) is 6.92 Å². The Kier molecular flexibility index (Phi) is 5.76. The molecule has 0 bridgehead atoms. The van der Waals surface area contributed by atoms with Gasteiger partial charge in [0.15, 0.2) is 0 Å². The summed E-state index contributed by atoms with van der Waals surface area (Å²) < 4.78 is 19.5. The summed E-state index contributed by atoms with van der Waals surface area (Å²) in [6.45, 7) is 12.0. The smallest absolute Gasteiger partial charge is 0.123 e. The number of nitrogens with one attached hydrogen (secondary N) is 1. The average molecular weight is 345 g/mol. The molecule has 0 aliphatic carbocycles. The minimum atomic E-state index is -0.187. The van der Waals surface area contributed by atoms with Gasteiger partial charge >= 0.3 is 0 Å². The molecule has 2 heterocycles. The fourth-order valence-corrected chi connectivity index (χ4v) is 3.41. The van der Waals surface area contributed by atoms with Gasteiger partial charge < -0.3 is 19.5 Å². The number of hydrogen-bond acceptors (Lipinski definition) is 4.